The summed E-state index contributed by atoms with van der Waals surface area (Å²) in [5.41, 5.74) is 4.16. The van der Waals surface area contributed by atoms with Gasteiger partial charge >= 0.3 is 5.97 Å². The fourth-order valence-corrected chi connectivity index (χ4v) is 2.48. The molecule has 0 amide bonds. The number of fused-ring (bicyclic) bond motifs is 1. The standard InChI is InChI=1S/C19H24O3/c1-13(2)5-7-15-11-14(6-8-17(20)21)12-16-9-10-19(3,4)22-18(15)16/h5,9-12H,6-8H2,1-4H3,(H,20,21). The molecule has 1 aliphatic heterocycles. The van der Waals surface area contributed by atoms with Crippen molar-refractivity contribution in [1.29, 1.82) is 0 Å². The lowest BCUT2D eigenvalue weighted by molar-refractivity contribution is -0.136. The number of ether oxygens (including phenoxy) is 1. The zero-order valence-electron chi connectivity index (χ0n) is 13.8. The van der Waals surface area contributed by atoms with Crippen LogP contribution in [0.25, 0.3) is 6.08 Å². The quantitative estimate of drug-likeness (QED) is 0.820. The van der Waals surface area contributed by atoms with E-state index in [-0.39, 0.29) is 12.0 Å². The van der Waals surface area contributed by atoms with E-state index in [1.807, 2.05) is 26.0 Å². The maximum atomic E-state index is 10.8. The summed E-state index contributed by atoms with van der Waals surface area (Å²) >= 11 is 0. The first-order chi connectivity index (χ1) is 10.3. The van der Waals surface area contributed by atoms with Gasteiger partial charge in [-0.3, -0.25) is 4.79 Å². The number of hydrogen-bond donors (Lipinski definition) is 1. The van der Waals surface area contributed by atoms with Crippen LogP contribution in [0.1, 0.15) is 50.8 Å². The maximum absolute atomic E-state index is 10.8. The van der Waals surface area contributed by atoms with Crippen LogP contribution in [-0.2, 0) is 17.6 Å². The van der Waals surface area contributed by atoms with E-state index in [1.54, 1.807) is 0 Å². The summed E-state index contributed by atoms with van der Waals surface area (Å²) in [4.78, 5) is 10.8. The molecule has 1 aromatic carbocycles. The van der Waals surface area contributed by atoms with Gasteiger partial charge in [0.15, 0.2) is 0 Å². The first-order valence-corrected chi connectivity index (χ1v) is 7.66. The number of aliphatic carboxylic acids is 1. The number of carbonyl (C=O) groups is 1. The molecule has 1 aliphatic rings. The summed E-state index contributed by atoms with van der Waals surface area (Å²) < 4.78 is 6.13. The molecule has 1 aromatic rings. The van der Waals surface area contributed by atoms with E-state index < -0.39 is 5.97 Å². The van der Waals surface area contributed by atoms with Crippen molar-refractivity contribution >= 4 is 12.0 Å². The largest absolute Gasteiger partial charge is 0.483 e. The average molecular weight is 300 g/mol. The molecule has 118 valence electrons. The Kier molecular flexibility index (Phi) is 4.74. The van der Waals surface area contributed by atoms with Gasteiger partial charge in [0.1, 0.15) is 11.4 Å². The minimum absolute atomic E-state index is 0.150. The smallest absolute Gasteiger partial charge is 0.303 e. The molecule has 3 heteroatoms. The summed E-state index contributed by atoms with van der Waals surface area (Å²) in [6.07, 6.45) is 7.79. The van der Waals surface area contributed by atoms with E-state index >= 15 is 0 Å². The van der Waals surface area contributed by atoms with Crippen LogP contribution in [0.4, 0.5) is 0 Å². The first kappa shape index (κ1) is 16.3. The summed E-state index contributed by atoms with van der Waals surface area (Å²) in [5.74, 6) is 0.153. The van der Waals surface area contributed by atoms with E-state index in [9.17, 15) is 4.79 Å². The van der Waals surface area contributed by atoms with E-state index in [4.69, 9.17) is 9.84 Å². The van der Waals surface area contributed by atoms with Crippen molar-refractivity contribution in [3.63, 3.8) is 0 Å². The number of carboxylic acid groups (broad SMARTS) is 1. The van der Waals surface area contributed by atoms with Crippen molar-refractivity contribution in [2.75, 3.05) is 0 Å². The van der Waals surface area contributed by atoms with Gasteiger partial charge in [-0.05, 0) is 63.8 Å². The minimum atomic E-state index is -0.767. The molecule has 0 bridgehead atoms. The first-order valence-electron chi connectivity index (χ1n) is 7.66. The van der Waals surface area contributed by atoms with Crippen LogP contribution in [0.3, 0.4) is 0 Å². The molecule has 1 N–H and O–H groups in total. The third-order valence-corrected chi connectivity index (χ3v) is 3.64. The second-order valence-electron chi connectivity index (χ2n) is 6.59. The molecule has 0 atom stereocenters. The zero-order valence-corrected chi connectivity index (χ0v) is 13.8. The SMILES string of the molecule is CC(C)=CCc1cc(CCC(=O)O)cc2c1OC(C)(C)C=C2. The van der Waals surface area contributed by atoms with Gasteiger partial charge in [0.25, 0.3) is 0 Å². The van der Waals surface area contributed by atoms with E-state index in [1.165, 1.54) is 5.57 Å². The van der Waals surface area contributed by atoms with Gasteiger partial charge < -0.3 is 9.84 Å². The van der Waals surface area contributed by atoms with Crippen LogP contribution in [-0.4, -0.2) is 16.7 Å². The summed E-state index contributed by atoms with van der Waals surface area (Å²) in [7, 11) is 0. The Morgan fingerprint density at radius 1 is 1.32 bits per heavy atom. The highest BCUT2D eigenvalue weighted by atomic mass is 16.5. The van der Waals surface area contributed by atoms with E-state index in [0.29, 0.717) is 6.42 Å². The molecule has 0 saturated heterocycles. The lowest BCUT2D eigenvalue weighted by Crippen LogP contribution is -2.28. The van der Waals surface area contributed by atoms with Crippen LogP contribution >= 0.6 is 0 Å². The van der Waals surface area contributed by atoms with Crippen molar-refractivity contribution < 1.29 is 14.6 Å². The molecule has 0 spiro atoms. The topological polar surface area (TPSA) is 46.5 Å². The lowest BCUT2D eigenvalue weighted by atomic mass is 9.94. The van der Waals surface area contributed by atoms with Crippen molar-refractivity contribution in [3.05, 3.63) is 46.5 Å². The van der Waals surface area contributed by atoms with Gasteiger partial charge in [-0.15, -0.1) is 0 Å². The van der Waals surface area contributed by atoms with Gasteiger partial charge in [-0.1, -0.05) is 23.8 Å². The Bertz CT molecular complexity index is 632. The molecule has 0 saturated carbocycles. The molecule has 1 heterocycles. The van der Waals surface area contributed by atoms with Gasteiger partial charge in [0.2, 0.25) is 0 Å². The van der Waals surface area contributed by atoms with Crippen LogP contribution in [0, 0.1) is 0 Å². The number of rotatable bonds is 5. The lowest BCUT2D eigenvalue weighted by Gasteiger charge is -2.30. The third-order valence-electron chi connectivity index (χ3n) is 3.64. The highest BCUT2D eigenvalue weighted by Gasteiger charge is 2.24. The normalized spacial score (nSPS) is 14.9. The molecule has 0 aliphatic carbocycles. The predicted octanol–water partition coefficient (Wildman–Crippen LogP) is 4.40. The van der Waals surface area contributed by atoms with Crippen molar-refractivity contribution in [1.82, 2.24) is 0 Å². The number of carboxylic acids is 1. The average Bonchev–Trinajstić information content (AvgIpc) is 2.42. The highest BCUT2D eigenvalue weighted by Crippen LogP contribution is 2.36. The fourth-order valence-electron chi connectivity index (χ4n) is 2.48. The monoisotopic (exact) mass is 300 g/mol. The van der Waals surface area contributed by atoms with Crippen LogP contribution < -0.4 is 4.74 Å². The number of allylic oxidation sites excluding steroid dienone is 2. The van der Waals surface area contributed by atoms with Gasteiger partial charge in [0.05, 0.1) is 0 Å². The second kappa shape index (κ2) is 6.39. The van der Waals surface area contributed by atoms with Crippen LogP contribution in [0.2, 0.25) is 0 Å². The zero-order chi connectivity index (χ0) is 16.3. The number of hydrogen-bond acceptors (Lipinski definition) is 2. The molecule has 0 fully saturated rings. The number of aryl methyl sites for hydroxylation is 1. The van der Waals surface area contributed by atoms with Gasteiger partial charge in [-0.2, -0.15) is 0 Å². The van der Waals surface area contributed by atoms with Crippen molar-refractivity contribution in [3.8, 4) is 5.75 Å². The van der Waals surface area contributed by atoms with Crippen LogP contribution in [0.5, 0.6) is 5.75 Å². The number of benzene rings is 1. The minimum Gasteiger partial charge on any atom is -0.483 e. The summed E-state index contributed by atoms with van der Waals surface area (Å²) in [6, 6.07) is 4.12. The van der Waals surface area contributed by atoms with Crippen LogP contribution in [0.15, 0.2) is 29.9 Å². The Labute approximate surface area is 132 Å². The molecular weight excluding hydrogens is 276 g/mol. The van der Waals surface area contributed by atoms with Gasteiger partial charge in [0, 0.05) is 12.0 Å². The molecular formula is C19H24O3. The Morgan fingerprint density at radius 3 is 2.68 bits per heavy atom. The molecule has 0 aromatic heterocycles. The van der Waals surface area contributed by atoms with Crippen molar-refractivity contribution in [2.45, 2.75) is 52.6 Å². The van der Waals surface area contributed by atoms with E-state index in [0.717, 1.165) is 28.9 Å². The maximum Gasteiger partial charge on any atom is 0.303 e. The molecule has 0 unspecified atom stereocenters. The van der Waals surface area contributed by atoms with E-state index in [2.05, 4.69) is 32.1 Å². The summed E-state index contributed by atoms with van der Waals surface area (Å²) in [6.45, 7) is 8.22. The third kappa shape index (κ3) is 4.23. The second-order valence-corrected chi connectivity index (χ2v) is 6.59. The summed E-state index contributed by atoms with van der Waals surface area (Å²) in [5, 5.41) is 8.88. The fraction of sp³-hybridized carbons (Fsp3) is 0.421. The predicted molar refractivity (Wildman–Crippen MR) is 89.3 cm³/mol. The Balaban J connectivity index is 2.39. The molecule has 3 nitrogen and oxygen atoms in total. The Morgan fingerprint density at radius 2 is 2.05 bits per heavy atom. The van der Waals surface area contributed by atoms with Gasteiger partial charge in [-0.25, -0.2) is 0 Å². The molecule has 0 radical (unpaired) electrons. The van der Waals surface area contributed by atoms with Crippen molar-refractivity contribution in [2.24, 2.45) is 0 Å². The Hall–Kier alpha value is -2.03. The molecule has 22 heavy (non-hydrogen) atoms. The highest BCUT2D eigenvalue weighted by molar-refractivity contribution is 5.68. The molecule has 2 rings (SSSR count).